The Kier molecular flexibility index (Phi) is 5.11. The predicted molar refractivity (Wildman–Crippen MR) is 83.1 cm³/mol. The molecule has 0 aliphatic rings. The average Bonchev–Trinajstić information content (AvgIpc) is 2.76. The summed E-state index contributed by atoms with van der Waals surface area (Å²) in [6.45, 7) is 4.93. The van der Waals surface area contributed by atoms with Crippen molar-refractivity contribution in [3.05, 3.63) is 35.9 Å². The van der Waals surface area contributed by atoms with Crippen molar-refractivity contribution < 1.29 is 9.53 Å². The molecule has 21 heavy (non-hydrogen) atoms. The monoisotopic (exact) mass is 287 g/mol. The van der Waals surface area contributed by atoms with Gasteiger partial charge in [0.25, 0.3) is 0 Å². The summed E-state index contributed by atoms with van der Waals surface area (Å²) in [7, 11) is 1.83. The van der Waals surface area contributed by atoms with Gasteiger partial charge in [0, 0.05) is 24.8 Å². The number of carbonyl (C=O) groups excluding carboxylic acids is 1. The standard InChI is InChI=1S/C16H21N3O2/c1-4-21-11-10-14(20)17-16-12(2)15(18-19(16)3)13-8-6-5-7-9-13/h5-9H,4,10-11H2,1-3H3,(H,17,20). The molecule has 0 radical (unpaired) electrons. The molecule has 112 valence electrons. The molecule has 1 aromatic carbocycles. The Morgan fingerprint density at radius 2 is 2.05 bits per heavy atom. The van der Waals surface area contributed by atoms with Gasteiger partial charge < -0.3 is 10.1 Å². The van der Waals surface area contributed by atoms with Crippen molar-refractivity contribution in [3.8, 4) is 11.3 Å². The Labute approximate surface area is 124 Å². The Morgan fingerprint density at radius 1 is 1.33 bits per heavy atom. The molecule has 0 saturated carbocycles. The second-order valence-corrected chi connectivity index (χ2v) is 4.81. The molecule has 0 saturated heterocycles. The average molecular weight is 287 g/mol. The maximum absolute atomic E-state index is 11.9. The SMILES string of the molecule is CCOCCC(=O)Nc1c(C)c(-c2ccccc2)nn1C. The molecule has 1 amide bonds. The number of hydrogen-bond acceptors (Lipinski definition) is 3. The van der Waals surface area contributed by atoms with Gasteiger partial charge in [-0.25, -0.2) is 0 Å². The summed E-state index contributed by atoms with van der Waals surface area (Å²) < 4.78 is 6.90. The van der Waals surface area contributed by atoms with Crippen LogP contribution in [0, 0.1) is 6.92 Å². The first-order chi connectivity index (χ1) is 10.1. The first-order valence-electron chi connectivity index (χ1n) is 7.10. The van der Waals surface area contributed by atoms with Crippen LogP contribution >= 0.6 is 0 Å². The number of rotatable bonds is 6. The van der Waals surface area contributed by atoms with Crippen LogP contribution in [-0.4, -0.2) is 28.9 Å². The number of nitrogens with one attached hydrogen (secondary N) is 1. The van der Waals surface area contributed by atoms with Gasteiger partial charge in [0.15, 0.2) is 0 Å². The van der Waals surface area contributed by atoms with E-state index in [1.807, 2.05) is 51.2 Å². The van der Waals surface area contributed by atoms with Gasteiger partial charge >= 0.3 is 0 Å². The molecule has 0 atom stereocenters. The number of anilines is 1. The van der Waals surface area contributed by atoms with Gasteiger partial charge in [-0.15, -0.1) is 0 Å². The van der Waals surface area contributed by atoms with Crippen LogP contribution in [0.15, 0.2) is 30.3 Å². The summed E-state index contributed by atoms with van der Waals surface area (Å²) in [6, 6.07) is 9.94. The van der Waals surface area contributed by atoms with Crippen LogP contribution < -0.4 is 5.32 Å². The molecular weight excluding hydrogens is 266 g/mol. The molecule has 2 rings (SSSR count). The van der Waals surface area contributed by atoms with E-state index >= 15 is 0 Å². The third-order valence-electron chi connectivity index (χ3n) is 3.27. The maximum atomic E-state index is 11.9. The minimum atomic E-state index is -0.0610. The van der Waals surface area contributed by atoms with Gasteiger partial charge in [0.2, 0.25) is 5.91 Å². The second-order valence-electron chi connectivity index (χ2n) is 4.81. The molecule has 0 spiro atoms. The van der Waals surface area contributed by atoms with E-state index in [0.29, 0.717) is 19.6 Å². The third kappa shape index (κ3) is 3.70. The van der Waals surface area contributed by atoms with Gasteiger partial charge in [-0.05, 0) is 13.8 Å². The van der Waals surface area contributed by atoms with Crippen molar-refractivity contribution >= 4 is 11.7 Å². The summed E-state index contributed by atoms with van der Waals surface area (Å²) in [5.74, 6) is 0.671. The zero-order chi connectivity index (χ0) is 15.2. The van der Waals surface area contributed by atoms with Gasteiger partial charge in [0.05, 0.1) is 18.7 Å². The third-order valence-corrected chi connectivity index (χ3v) is 3.27. The van der Waals surface area contributed by atoms with E-state index in [9.17, 15) is 4.79 Å². The van der Waals surface area contributed by atoms with Crippen molar-refractivity contribution in [1.82, 2.24) is 9.78 Å². The number of aromatic nitrogens is 2. The fraction of sp³-hybridized carbons (Fsp3) is 0.375. The van der Waals surface area contributed by atoms with Gasteiger partial charge in [0.1, 0.15) is 5.82 Å². The van der Waals surface area contributed by atoms with Gasteiger partial charge in [-0.2, -0.15) is 5.10 Å². The number of ether oxygens (including phenoxy) is 1. The van der Waals surface area contributed by atoms with Gasteiger partial charge in [-0.1, -0.05) is 30.3 Å². The molecule has 5 nitrogen and oxygen atoms in total. The van der Waals surface area contributed by atoms with Crippen molar-refractivity contribution in [3.63, 3.8) is 0 Å². The largest absolute Gasteiger partial charge is 0.381 e. The fourth-order valence-corrected chi connectivity index (χ4v) is 2.18. The van der Waals surface area contributed by atoms with E-state index in [0.717, 1.165) is 22.6 Å². The molecule has 5 heteroatoms. The minimum Gasteiger partial charge on any atom is -0.381 e. The van der Waals surface area contributed by atoms with Crippen LogP contribution in [-0.2, 0) is 16.6 Å². The lowest BCUT2D eigenvalue weighted by Crippen LogP contribution is -2.16. The molecule has 0 bridgehead atoms. The zero-order valence-electron chi connectivity index (χ0n) is 12.7. The summed E-state index contributed by atoms with van der Waals surface area (Å²) >= 11 is 0. The lowest BCUT2D eigenvalue weighted by atomic mass is 10.1. The number of amides is 1. The number of aryl methyl sites for hydroxylation is 1. The lowest BCUT2D eigenvalue weighted by molar-refractivity contribution is -0.117. The van der Waals surface area contributed by atoms with E-state index in [1.54, 1.807) is 4.68 Å². The fourth-order valence-electron chi connectivity index (χ4n) is 2.18. The van der Waals surface area contributed by atoms with E-state index in [1.165, 1.54) is 0 Å². The minimum absolute atomic E-state index is 0.0610. The zero-order valence-corrected chi connectivity index (χ0v) is 12.7. The highest BCUT2D eigenvalue weighted by Gasteiger charge is 2.15. The van der Waals surface area contributed by atoms with Crippen LogP contribution in [0.2, 0.25) is 0 Å². The highest BCUT2D eigenvalue weighted by Crippen LogP contribution is 2.27. The highest BCUT2D eigenvalue weighted by atomic mass is 16.5. The normalized spacial score (nSPS) is 10.6. The highest BCUT2D eigenvalue weighted by molar-refractivity contribution is 5.91. The summed E-state index contributed by atoms with van der Waals surface area (Å²) in [6.07, 6.45) is 0.346. The first kappa shape index (κ1) is 15.3. The number of hydrogen-bond donors (Lipinski definition) is 1. The Morgan fingerprint density at radius 3 is 2.71 bits per heavy atom. The molecule has 0 unspecified atom stereocenters. The number of nitrogens with zero attached hydrogens (tertiary/aromatic N) is 2. The maximum Gasteiger partial charge on any atom is 0.227 e. The first-order valence-corrected chi connectivity index (χ1v) is 7.10. The van der Waals surface area contributed by atoms with Crippen LogP contribution in [0.25, 0.3) is 11.3 Å². The van der Waals surface area contributed by atoms with E-state index in [2.05, 4.69) is 10.4 Å². The second kappa shape index (κ2) is 7.04. The lowest BCUT2D eigenvalue weighted by Gasteiger charge is -2.06. The number of carbonyl (C=O) groups is 1. The van der Waals surface area contributed by atoms with E-state index in [4.69, 9.17) is 4.74 Å². The van der Waals surface area contributed by atoms with Crippen LogP contribution in [0.5, 0.6) is 0 Å². The van der Waals surface area contributed by atoms with E-state index < -0.39 is 0 Å². The molecule has 2 aromatic rings. The summed E-state index contributed by atoms with van der Waals surface area (Å²) in [5.41, 5.74) is 2.90. The van der Waals surface area contributed by atoms with Crippen molar-refractivity contribution in [2.75, 3.05) is 18.5 Å². The smallest absolute Gasteiger partial charge is 0.227 e. The van der Waals surface area contributed by atoms with E-state index in [-0.39, 0.29) is 5.91 Å². The summed E-state index contributed by atoms with van der Waals surface area (Å²) in [4.78, 5) is 11.9. The topological polar surface area (TPSA) is 56.1 Å². The molecule has 0 aliphatic carbocycles. The van der Waals surface area contributed by atoms with Crippen molar-refractivity contribution in [2.24, 2.45) is 7.05 Å². The molecule has 1 heterocycles. The molecular formula is C16H21N3O2. The molecule has 1 aromatic heterocycles. The molecule has 1 N–H and O–H groups in total. The number of benzene rings is 1. The molecule has 0 aliphatic heterocycles. The quantitative estimate of drug-likeness (QED) is 0.831. The van der Waals surface area contributed by atoms with Crippen LogP contribution in [0.4, 0.5) is 5.82 Å². The summed E-state index contributed by atoms with van der Waals surface area (Å²) in [5, 5.41) is 7.41. The van der Waals surface area contributed by atoms with Crippen molar-refractivity contribution in [1.29, 1.82) is 0 Å². The van der Waals surface area contributed by atoms with Crippen LogP contribution in [0.1, 0.15) is 18.9 Å². The van der Waals surface area contributed by atoms with Gasteiger partial charge in [-0.3, -0.25) is 9.48 Å². The molecule has 0 fully saturated rings. The predicted octanol–water partition coefficient (Wildman–Crippen LogP) is 2.76. The van der Waals surface area contributed by atoms with Crippen LogP contribution in [0.3, 0.4) is 0 Å². The Balaban J connectivity index is 2.15. The Hall–Kier alpha value is -2.14. The Bertz CT molecular complexity index is 605. The van der Waals surface area contributed by atoms with Crippen molar-refractivity contribution in [2.45, 2.75) is 20.3 Å².